The van der Waals surface area contributed by atoms with Crippen molar-refractivity contribution in [2.75, 3.05) is 0 Å². The Morgan fingerprint density at radius 2 is 1.90 bits per heavy atom. The summed E-state index contributed by atoms with van der Waals surface area (Å²) in [7, 11) is 0. The van der Waals surface area contributed by atoms with Crippen molar-refractivity contribution in [3.05, 3.63) is 59.0 Å². The normalized spacial score (nSPS) is 19.3. The molecule has 2 heterocycles. The van der Waals surface area contributed by atoms with Crippen LogP contribution in [0.25, 0.3) is 5.69 Å². The summed E-state index contributed by atoms with van der Waals surface area (Å²) in [5, 5.41) is 9.88. The minimum Gasteiger partial charge on any atom is -0.474 e. The molecule has 1 aromatic carbocycles. The van der Waals surface area contributed by atoms with Gasteiger partial charge in [-0.05, 0) is 55.9 Å². The summed E-state index contributed by atoms with van der Waals surface area (Å²) in [6.07, 6.45) is 9.16. The maximum atomic E-state index is 6.24. The van der Waals surface area contributed by atoms with E-state index in [9.17, 15) is 0 Å². The SMILES string of the molecule is CCc1cc(Cl)ccc1-n1c(CC)nnc1C1CCC(Oc2ccncn2)CC1. The first-order chi connectivity index (χ1) is 14.2. The lowest BCUT2D eigenvalue weighted by atomic mass is 9.86. The first-order valence-corrected chi connectivity index (χ1v) is 10.7. The van der Waals surface area contributed by atoms with Gasteiger partial charge in [0.15, 0.2) is 0 Å². The highest BCUT2D eigenvalue weighted by Crippen LogP contribution is 2.35. The second kappa shape index (κ2) is 8.91. The van der Waals surface area contributed by atoms with Gasteiger partial charge >= 0.3 is 0 Å². The van der Waals surface area contributed by atoms with E-state index in [1.54, 1.807) is 6.20 Å². The minimum absolute atomic E-state index is 0.185. The molecule has 0 bridgehead atoms. The lowest BCUT2D eigenvalue weighted by molar-refractivity contribution is 0.138. The van der Waals surface area contributed by atoms with Gasteiger partial charge in [0.25, 0.3) is 0 Å². The molecule has 6 nitrogen and oxygen atoms in total. The van der Waals surface area contributed by atoms with Crippen LogP contribution in [0.2, 0.25) is 5.02 Å². The second-order valence-corrected chi connectivity index (χ2v) is 7.87. The number of nitrogens with zero attached hydrogens (tertiary/aromatic N) is 5. The van der Waals surface area contributed by atoms with Crippen molar-refractivity contribution in [1.29, 1.82) is 0 Å². The van der Waals surface area contributed by atoms with E-state index >= 15 is 0 Å². The molecule has 1 fully saturated rings. The van der Waals surface area contributed by atoms with Gasteiger partial charge in [-0.15, -0.1) is 10.2 Å². The summed E-state index contributed by atoms with van der Waals surface area (Å²) in [5.74, 6) is 3.07. The molecular weight excluding hydrogens is 386 g/mol. The zero-order valence-corrected chi connectivity index (χ0v) is 17.6. The summed E-state index contributed by atoms with van der Waals surface area (Å²) in [6.45, 7) is 4.28. The van der Waals surface area contributed by atoms with Gasteiger partial charge in [-0.3, -0.25) is 4.57 Å². The van der Waals surface area contributed by atoms with Gasteiger partial charge in [-0.1, -0.05) is 25.4 Å². The van der Waals surface area contributed by atoms with Crippen LogP contribution in [0, 0.1) is 0 Å². The van der Waals surface area contributed by atoms with Gasteiger partial charge in [0, 0.05) is 29.6 Å². The van der Waals surface area contributed by atoms with Gasteiger partial charge in [0.05, 0.1) is 5.69 Å². The van der Waals surface area contributed by atoms with Gasteiger partial charge in [0.2, 0.25) is 5.88 Å². The number of halogens is 1. The molecule has 1 saturated carbocycles. The van der Waals surface area contributed by atoms with E-state index in [1.165, 1.54) is 11.9 Å². The molecule has 4 rings (SSSR count). The Bertz CT molecular complexity index is 951. The van der Waals surface area contributed by atoms with Gasteiger partial charge in [0.1, 0.15) is 24.1 Å². The third-order valence-corrected chi connectivity index (χ3v) is 5.85. The average molecular weight is 412 g/mol. The molecule has 0 amide bonds. The summed E-state index contributed by atoms with van der Waals surface area (Å²) >= 11 is 6.24. The first kappa shape index (κ1) is 19.8. The summed E-state index contributed by atoms with van der Waals surface area (Å²) in [5.41, 5.74) is 2.36. The Labute approximate surface area is 176 Å². The van der Waals surface area contributed by atoms with E-state index in [4.69, 9.17) is 16.3 Å². The molecule has 0 aliphatic heterocycles. The average Bonchev–Trinajstić information content (AvgIpc) is 3.19. The van der Waals surface area contributed by atoms with Crippen LogP contribution in [0.4, 0.5) is 0 Å². The zero-order chi connectivity index (χ0) is 20.2. The molecule has 0 spiro atoms. The molecule has 1 aliphatic carbocycles. The van der Waals surface area contributed by atoms with Crippen LogP contribution in [0.1, 0.15) is 62.7 Å². The molecule has 0 atom stereocenters. The standard InChI is InChI=1S/C22H26ClN5O/c1-3-15-13-17(23)7-10-19(15)28-20(4-2)26-27-22(28)16-5-8-18(9-6-16)29-21-11-12-24-14-25-21/h7,10-14,16,18H,3-6,8-9H2,1-2H3. The lowest BCUT2D eigenvalue weighted by Gasteiger charge is -2.28. The molecule has 1 aliphatic rings. The third kappa shape index (κ3) is 4.27. The van der Waals surface area contributed by atoms with Crippen LogP contribution >= 0.6 is 11.6 Å². The van der Waals surface area contributed by atoms with Crippen LogP contribution in [0.3, 0.4) is 0 Å². The van der Waals surface area contributed by atoms with Crippen molar-refractivity contribution < 1.29 is 4.74 Å². The molecule has 3 aromatic rings. The van der Waals surface area contributed by atoms with E-state index in [-0.39, 0.29) is 6.10 Å². The van der Waals surface area contributed by atoms with Crippen molar-refractivity contribution in [3.63, 3.8) is 0 Å². The molecule has 0 saturated heterocycles. The number of rotatable bonds is 6. The predicted octanol–water partition coefficient (Wildman–Crippen LogP) is 4.94. The second-order valence-electron chi connectivity index (χ2n) is 7.43. The van der Waals surface area contributed by atoms with Crippen LogP contribution < -0.4 is 4.74 Å². The highest BCUT2D eigenvalue weighted by molar-refractivity contribution is 6.30. The van der Waals surface area contributed by atoms with Gasteiger partial charge in [-0.2, -0.15) is 0 Å². The molecule has 29 heavy (non-hydrogen) atoms. The number of hydrogen-bond donors (Lipinski definition) is 0. The van der Waals surface area contributed by atoms with E-state index in [2.05, 4.69) is 44.6 Å². The lowest BCUT2D eigenvalue weighted by Crippen LogP contribution is -2.25. The zero-order valence-electron chi connectivity index (χ0n) is 16.9. The molecule has 0 unspecified atom stereocenters. The van der Waals surface area contributed by atoms with Crippen LogP contribution in [-0.2, 0) is 12.8 Å². The molecule has 0 radical (unpaired) electrons. The van der Waals surface area contributed by atoms with Crippen LogP contribution in [-0.4, -0.2) is 30.8 Å². The van der Waals surface area contributed by atoms with Crippen LogP contribution in [0.15, 0.2) is 36.8 Å². The number of hydrogen-bond acceptors (Lipinski definition) is 5. The fraction of sp³-hybridized carbons (Fsp3) is 0.455. The molecule has 0 N–H and O–H groups in total. The Morgan fingerprint density at radius 3 is 2.59 bits per heavy atom. The van der Waals surface area contributed by atoms with E-state index in [1.807, 2.05) is 18.2 Å². The smallest absolute Gasteiger partial charge is 0.216 e. The maximum Gasteiger partial charge on any atom is 0.216 e. The Morgan fingerprint density at radius 1 is 1.07 bits per heavy atom. The number of benzene rings is 1. The van der Waals surface area contributed by atoms with Crippen molar-refractivity contribution in [1.82, 2.24) is 24.7 Å². The number of ether oxygens (including phenoxy) is 1. The molecule has 2 aromatic heterocycles. The van der Waals surface area contributed by atoms with Crippen molar-refractivity contribution in [3.8, 4) is 11.6 Å². The quantitative estimate of drug-likeness (QED) is 0.574. The summed E-state index contributed by atoms with van der Waals surface area (Å²) in [6, 6.07) is 7.90. The van der Waals surface area contributed by atoms with Crippen molar-refractivity contribution >= 4 is 11.6 Å². The molecule has 152 valence electrons. The Kier molecular flexibility index (Phi) is 6.09. The van der Waals surface area contributed by atoms with Gasteiger partial charge in [-0.25, -0.2) is 9.97 Å². The number of aryl methyl sites for hydroxylation is 2. The van der Waals surface area contributed by atoms with E-state index in [0.29, 0.717) is 11.8 Å². The highest BCUT2D eigenvalue weighted by atomic mass is 35.5. The maximum absolute atomic E-state index is 6.24. The number of aromatic nitrogens is 5. The van der Waals surface area contributed by atoms with Crippen molar-refractivity contribution in [2.45, 2.75) is 64.4 Å². The van der Waals surface area contributed by atoms with Gasteiger partial charge < -0.3 is 4.74 Å². The summed E-state index contributed by atoms with van der Waals surface area (Å²) < 4.78 is 8.28. The Hall–Kier alpha value is -2.47. The fourth-order valence-electron chi connectivity index (χ4n) is 4.10. The monoisotopic (exact) mass is 411 g/mol. The van der Waals surface area contributed by atoms with Crippen molar-refractivity contribution in [2.24, 2.45) is 0 Å². The summed E-state index contributed by atoms with van der Waals surface area (Å²) in [4.78, 5) is 8.12. The molecule has 7 heteroatoms. The van der Waals surface area contributed by atoms with E-state index in [0.717, 1.165) is 60.9 Å². The largest absolute Gasteiger partial charge is 0.474 e. The third-order valence-electron chi connectivity index (χ3n) is 5.62. The topological polar surface area (TPSA) is 65.7 Å². The fourth-order valence-corrected chi connectivity index (χ4v) is 4.29. The van der Waals surface area contributed by atoms with E-state index < -0.39 is 0 Å². The first-order valence-electron chi connectivity index (χ1n) is 10.3. The predicted molar refractivity (Wildman–Crippen MR) is 113 cm³/mol. The van der Waals surface area contributed by atoms with Crippen LogP contribution in [0.5, 0.6) is 5.88 Å². The minimum atomic E-state index is 0.185. The Balaban J connectivity index is 1.55. The highest BCUT2D eigenvalue weighted by Gasteiger charge is 2.29. The molecular formula is C22H26ClN5O.